The van der Waals surface area contributed by atoms with Gasteiger partial charge in [0.1, 0.15) is 0 Å². The van der Waals surface area contributed by atoms with Crippen LogP contribution in [0.2, 0.25) is 0 Å². The Hall–Kier alpha value is -1.73. The Morgan fingerprint density at radius 2 is 1.44 bits per heavy atom. The van der Waals surface area contributed by atoms with Gasteiger partial charge in [-0.1, -0.05) is 89.7 Å². The maximum Gasteiger partial charge on any atom is 0.0207 e. The molecule has 25 heavy (non-hydrogen) atoms. The van der Waals surface area contributed by atoms with E-state index < -0.39 is 0 Å². The summed E-state index contributed by atoms with van der Waals surface area (Å²) in [5.41, 5.74) is 5.93. The minimum absolute atomic E-state index is 0.151. The second-order valence-corrected chi connectivity index (χ2v) is 10.2. The van der Waals surface area contributed by atoms with Crippen molar-refractivity contribution in [1.82, 2.24) is 0 Å². The van der Waals surface area contributed by atoms with Crippen LogP contribution in [-0.2, 0) is 10.8 Å². The van der Waals surface area contributed by atoms with Gasteiger partial charge in [0, 0.05) is 15.2 Å². The Kier molecular flexibility index (Phi) is 3.60. The SMILES string of the molecule is CC(C)(C)c1ccc2c(c1)Sc1ccc(C(C)(C)C)c3cccc-2c13. The summed E-state index contributed by atoms with van der Waals surface area (Å²) in [6, 6.07) is 18.5. The van der Waals surface area contributed by atoms with Crippen molar-refractivity contribution in [2.75, 3.05) is 0 Å². The summed E-state index contributed by atoms with van der Waals surface area (Å²) in [6.07, 6.45) is 0. The summed E-state index contributed by atoms with van der Waals surface area (Å²) in [6.45, 7) is 13.8. The number of hydrogen-bond donors (Lipinski definition) is 0. The molecule has 3 aromatic carbocycles. The Bertz CT molecular complexity index is 981. The molecule has 0 amide bonds. The van der Waals surface area contributed by atoms with E-state index in [2.05, 4.69) is 90.1 Å². The zero-order chi connectivity index (χ0) is 18.0. The first-order valence-electron chi connectivity index (χ1n) is 9.05. The monoisotopic (exact) mass is 346 g/mol. The lowest BCUT2D eigenvalue weighted by Gasteiger charge is -2.27. The summed E-state index contributed by atoms with van der Waals surface area (Å²) < 4.78 is 0. The van der Waals surface area contributed by atoms with E-state index in [-0.39, 0.29) is 10.8 Å². The fourth-order valence-electron chi connectivity index (χ4n) is 3.75. The topological polar surface area (TPSA) is 0 Å². The minimum Gasteiger partial charge on any atom is -0.0888 e. The van der Waals surface area contributed by atoms with Gasteiger partial charge in [-0.05, 0) is 50.6 Å². The van der Waals surface area contributed by atoms with Crippen LogP contribution in [0.15, 0.2) is 58.3 Å². The van der Waals surface area contributed by atoms with Gasteiger partial charge < -0.3 is 0 Å². The third-order valence-electron chi connectivity index (χ3n) is 5.17. The Morgan fingerprint density at radius 1 is 0.680 bits per heavy atom. The molecule has 0 bridgehead atoms. The van der Waals surface area contributed by atoms with Crippen LogP contribution in [0.1, 0.15) is 52.7 Å². The summed E-state index contributed by atoms with van der Waals surface area (Å²) in [4.78, 5) is 2.77. The molecule has 1 heterocycles. The molecule has 0 aliphatic carbocycles. The Labute approximate surface area is 155 Å². The van der Waals surface area contributed by atoms with Crippen molar-refractivity contribution in [1.29, 1.82) is 0 Å². The van der Waals surface area contributed by atoms with Gasteiger partial charge in [0.25, 0.3) is 0 Å². The number of hydrogen-bond acceptors (Lipinski definition) is 1. The molecule has 0 saturated carbocycles. The highest BCUT2D eigenvalue weighted by Gasteiger charge is 2.25. The van der Waals surface area contributed by atoms with Crippen LogP contribution in [-0.4, -0.2) is 0 Å². The highest BCUT2D eigenvalue weighted by atomic mass is 32.2. The van der Waals surface area contributed by atoms with Crippen LogP contribution in [0.4, 0.5) is 0 Å². The largest absolute Gasteiger partial charge is 0.0888 e. The van der Waals surface area contributed by atoms with E-state index in [0.29, 0.717) is 0 Å². The first-order chi connectivity index (χ1) is 11.7. The molecule has 0 unspecified atom stereocenters. The fourth-order valence-corrected chi connectivity index (χ4v) is 4.92. The van der Waals surface area contributed by atoms with E-state index >= 15 is 0 Å². The lowest BCUT2D eigenvalue weighted by Crippen LogP contribution is -2.13. The van der Waals surface area contributed by atoms with Crippen LogP contribution in [0.5, 0.6) is 0 Å². The molecule has 0 radical (unpaired) electrons. The number of rotatable bonds is 0. The highest BCUT2D eigenvalue weighted by Crippen LogP contribution is 2.50. The molecular formula is C24H26S. The average Bonchev–Trinajstić information content (AvgIpc) is 2.53. The number of fused-ring (bicyclic) bond motifs is 2. The van der Waals surface area contributed by atoms with Crippen molar-refractivity contribution in [2.24, 2.45) is 0 Å². The minimum atomic E-state index is 0.151. The molecule has 0 saturated heterocycles. The molecule has 4 rings (SSSR count). The molecule has 3 aromatic rings. The smallest absolute Gasteiger partial charge is 0.0207 e. The van der Waals surface area contributed by atoms with E-state index in [9.17, 15) is 0 Å². The lowest BCUT2D eigenvalue weighted by molar-refractivity contribution is 0.589. The zero-order valence-electron chi connectivity index (χ0n) is 16.0. The van der Waals surface area contributed by atoms with Gasteiger partial charge in [-0.3, -0.25) is 0 Å². The van der Waals surface area contributed by atoms with Crippen molar-refractivity contribution < 1.29 is 0 Å². The first-order valence-corrected chi connectivity index (χ1v) is 9.87. The van der Waals surface area contributed by atoms with Gasteiger partial charge in [0.15, 0.2) is 0 Å². The van der Waals surface area contributed by atoms with Gasteiger partial charge in [-0.25, -0.2) is 0 Å². The van der Waals surface area contributed by atoms with E-state index in [1.54, 1.807) is 0 Å². The number of benzene rings is 3. The van der Waals surface area contributed by atoms with Crippen molar-refractivity contribution in [2.45, 2.75) is 62.2 Å². The third kappa shape index (κ3) is 2.69. The fraction of sp³-hybridized carbons (Fsp3) is 0.333. The van der Waals surface area contributed by atoms with Crippen molar-refractivity contribution in [3.05, 3.63) is 59.7 Å². The molecule has 128 valence electrons. The maximum absolute atomic E-state index is 2.39. The molecule has 0 spiro atoms. The Balaban J connectivity index is 2.01. The maximum atomic E-state index is 2.39. The summed E-state index contributed by atoms with van der Waals surface area (Å²) in [5, 5.41) is 2.83. The van der Waals surface area contributed by atoms with Crippen molar-refractivity contribution in [3.8, 4) is 11.1 Å². The predicted molar refractivity (Wildman–Crippen MR) is 111 cm³/mol. The molecule has 0 fully saturated rings. The second-order valence-electron chi connectivity index (χ2n) is 9.15. The molecule has 0 nitrogen and oxygen atoms in total. The van der Waals surface area contributed by atoms with Gasteiger partial charge in [-0.15, -0.1) is 0 Å². The molecular weight excluding hydrogens is 320 g/mol. The van der Waals surface area contributed by atoms with E-state index in [4.69, 9.17) is 0 Å². The van der Waals surface area contributed by atoms with E-state index in [1.165, 1.54) is 42.8 Å². The molecule has 1 aliphatic heterocycles. The van der Waals surface area contributed by atoms with Gasteiger partial charge in [-0.2, -0.15) is 0 Å². The van der Waals surface area contributed by atoms with Crippen LogP contribution in [0, 0.1) is 0 Å². The highest BCUT2D eigenvalue weighted by molar-refractivity contribution is 7.99. The van der Waals surface area contributed by atoms with Gasteiger partial charge >= 0.3 is 0 Å². The first kappa shape index (κ1) is 16.7. The predicted octanol–water partition coefficient (Wildman–Crippen LogP) is 7.57. The third-order valence-corrected chi connectivity index (χ3v) is 6.29. The molecule has 1 heteroatoms. The van der Waals surface area contributed by atoms with Crippen molar-refractivity contribution in [3.63, 3.8) is 0 Å². The Morgan fingerprint density at radius 3 is 2.12 bits per heavy atom. The summed E-state index contributed by atoms with van der Waals surface area (Å²) in [5.74, 6) is 0. The van der Waals surface area contributed by atoms with E-state index in [1.807, 2.05) is 11.8 Å². The van der Waals surface area contributed by atoms with Gasteiger partial charge in [0.05, 0.1) is 0 Å². The normalized spacial score (nSPS) is 13.8. The van der Waals surface area contributed by atoms with Crippen LogP contribution in [0.3, 0.4) is 0 Å². The molecule has 1 aliphatic rings. The van der Waals surface area contributed by atoms with Crippen LogP contribution < -0.4 is 0 Å². The quantitative estimate of drug-likeness (QED) is 0.316. The summed E-state index contributed by atoms with van der Waals surface area (Å²) in [7, 11) is 0. The standard InChI is InChI=1S/C24H26S/c1-23(2,3)15-10-11-16-17-8-7-9-18-19(24(4,5)6)12-13-20(22(17)18)25-21(16)14-15/h7-14H,1-6H3. The summed E-state index contributed by atoms with van der Waals surface area (Å²) >= 11 is 1.92. The second kappa shape index (κ2) is 5.38. The molecule has 0 atom stereocenters. The van der Waals surface area contributed by atoms with Crippen LogP contribution in [0.25, 0.3) is 21.9 Å². The van der Waals surface area contributed by atoms with Crippen molar-refractivity contribution >= 4 is 22.5 Å². The molecule has 0 N–H and O–H groups in total. The zero-order valence-corrected chi connectivity index (χ0v) is 16.8. The van der Waals surface area contributed by atoms with Gasteiger partial charge in [0.2, 0.25) is 0 Å². The van der Waals surface area contributed by atoms with E-state index in [0.717, 1.165) is 0 Å². The van der Waals surface area contributed by atoms with Crippen LogP contribution >= 0.6 is 11.8 Å². The molecule has 0 aromatic heterocycles. The lowest BCUT2D eigenvalue weighted by atomic mass is 9.82. The average molecular weight is 347 g/mol.